The van der Waals surface area contributed by atoms with Gasteiger partial charge in [-0.15, -0.1) is 23.7 Å². The first-order valence-electron chi connectivity index (χ1n) is 8.36. The minimum absolute atomic E-state index is 0. The minimum Gasteiger partial charge on any atom is -0.378 e. The van der Waals surface area contributed by atoms with E-state index in [9.17, 15) is 4.79 Å². The van der Waals surface area contributed by atoms with Crippen LogP contribution in [0, 0.1) is 6.92 Å². The molecule has 2 aromatic rings. The van der Waals surface area contributed by atoms with Gasteiger partial charge in [-0.05, 0) is 26.0 Å². The lowest BCUT2D eigenvalue weighted by Crippen LogP contribution is -2.44. The van der Waals surface area contributed by atoms with Crippen LogP contribution in [0.4, 0.5) is 0 Å². The maximum absolute atomic E-state index is 12.3. The zero-order valence-corrected chi connectivity index (χ0v) is 17.1. The van der Waals surface area contributed by atoms with Crippen molar-refractivity contribution >= 4 is 41.3 Å². The smallest absolute Gasteiger partial charge is 0.222 e. The van der Waals surface area contributed by atoms with E-state index in [2.05, 4.69) is 15.6 Å². The second-order valence-electron chi connectivity index (χ2n) is 6.19. The molecule has 26 heavy (non-hydrogen) atoms. The largest absolute Gasteiger partial charge is 0.378 e. The Hall–Kier alpha value is -1.18. The molecule has 142 valence electrons. The molecule has 0 radical (unpaired) electrons. The van der Waals surface area contributed by atoms with Crippen molar-refractivity contribution in [3.05, 3.63) is 39.9 Å². The number of ether oxygens (including phenoxy) is 1. The molecule has 0 saturated carbocycles. The molecule has 5 nitrogen and oxygen atoms in total. The van der Waals surface area contributed by atoms with Crippen LogP contribution in [-0.4, -0.2) is 36.7 Å². The average Bonchev–Trinajstić information content (AvgIpc) is 2.98. The Labute approximate surface area is 168 Å². The fourth-order valence-electron chi connectivity index (χ4n) is 2.87. The number of nitrogens with one attached hydrogen (secondary N) is 2. The number of thiazole rings is 1. The van der Waals surface area contributed by atoms with E-state index in [0.29, 0.717) is 24.7 Å². The topological polar surface area (TPSA) is 63.2 Å². The second-order valence-corrected chi connectivity index (χ2v) is 7.66. The summed E-state index contributed by atoms with van der Waals surface area (Å²) in [7, 11) is 0. The lowest BCUT2D eigenvalue weighted by Gasteiger charge is -2.24. The lowest BCUT2D eigenvalue weighted by molar-refractivity contribution is -0.122. The van der Waals surface area contributed by atoms with Gasteiger partial charge in [0.25, 0.3) is 0 Å². The number of hydrogen-bond donors (Lipinski definition) is 2. The van der Waals surface area contributed by atoms with Gasteiger partial charge in [0.1, 0.15) is 5.01 Å². The van der Waals surface area contributed by atoms with Crippen LogP contribution in [0.15, 0.2) is 24.3 Å². The van der Waals surface area contributed by atoms with Crippen LogP contribution in [-0.2, 0) is 9.53 Å². The Morgan fingerprint density at radius 1 is 1.46 bits per heavy atom. The molecule has 1 saturated heterocycles. The normalized spacial score (nSPS) is 18.0. The number of carbonyl (C=O) groups is 1. The van der Waals surface area contributed by atoms with Gasteiger partial charge < -0.3 is 15.4 Å². The maximum atomic E-state index is 12.3. The maximum Gasteiger partial charge on any atom is 0.222 e. The van der Waals surface area contributed by atoms with Crippen LogP contribution >= 0.6 is 35.3 Å². The van der Waals surface area contributed by atoms with Gasteiger partial charge in [0, 0.05) is 29.6 Å². The second kappa shape index (κ2) is 9.67. The molecule has 1 amide bonds. The predicted molar refractivity (Wildman–Crippen MR) is 108 cm³/mol. The van der Waals surface area contributed by atoms with Gasteiger partial charge in [-0.3, -0.25) is 4.79 Å². The lowest BCUT2D eigenvalue weighted by atomic mass is 10.1. The number of hydrogen-bond acceptors (Lipinski definition) is 5. The highest BCUT2D eigenvalue weighted by atomic mass is 35.5. The van der Waals surface area contributed by atoms with E-state index in [-0.39, 0.29) is 30.4 Å². The fourth-order valence-corrected chi connectivity index (χ4v) is 4.07. The van der Waals surface area contributed by atoms with Gasteiger partial charge in [0.15, 0.2) is 0 Å². The van der Waals surface area contributed by atoms with Crippen molar-refractivity contribution in [1.29, 1.82) is 0 Å². The molecule has 2 N–H and O–H groups in total. The molecule has 2 heterocycles. The van der Waals surface area contributed by atoms with Crippen molar-refractivity contribution < 1.29 is 9.53 Å². The van der Waals surface area contributed by atoms with Crippen LogP contribution < -0.4 is 10.6 Å². The van der Waals surface area contributed by atoms with Crippen molar-refractivity contribution in [3.63, 3.8) is 0 Å². The summed E-state index contributed by atoms with van der Waals surface area (Å²) in [6.45, 7) is 6.06. The molecular weight excluding hydrogens is 393 g/mol. The third-order valence-electron chi connectivity index (χ3n) is 4.12. The number of benzene rings is 1. The number of morpholine rings is 1. The van der Waals surface area contributed by atoms with E-state index in [1.54, 1.807) is 11.3 Å². The summed E-state index contributed by atoms with van der Waals surface area (Å²) >= 11 is 7.55. The number of amides is 1. The number of carbonyl (C=O) groups excluding carboxylic acids is 1. The molecule has 8 heteroatoms. The summed E-state index contributed by atoms with van der Waals surface area (Å²) in [5, 5.41) is 8.02. The molecule has 2 atom stereocenters. The highest BCUT2D eigenvalue weighted by Crippen LogP contribution is 2.32. The summed E-state index contributed by atoms with van der Waals surface area (Å²) in [6.07, 6.45) is 0.423. The molecular formula is C18H23Cl2N3O2S. The average molecular weight is 416 g/mol. The fraction of sp³-hybridized carbons (Fsp3) is 0.444. The molecule has 2 unspecified atom stereocenters. The molecule has 1 aliphatic heterocycles. The monoisotopic (exact) mass is 415 g/mol. The first-order valence-corrected chi connectivity index (χ1v) is 9.56. The van der Waals surface area contributed by atoms with Crippen molar-refractivity contribution in [2.24, 2.45) is 0 Å². The number of aryl methyl sites for hydroxylation is 1. The van der Waals surface area contributed by atoms with Crippen molar-refractivity contribution in [1.82, 2.24) is 15.6 Å². The minimum atomic E-state index is -0.0736. The molecule has 1 fully saturated rings. The van der Waals surface area contributed by atoms with Gasteiger partial charge in [-0.1, -0.05) is 23.7 Å². The van der Waals surface area contributed by atoms with Crippen LogP contribution in [0.5, 0.6) is 0 Å². The molecule has 1 aromatic carbocycles. The predicted octanol–water partition coefficient (Wildman–Crippen LogP) is 3.75. The highest BCUT2D eigenvalue weighted by Gasteiger charge is 2.21. The standard InChI is InChI=1S/C18H22ClN3O2S.ClH/c1-11(21-16(23)9-15-10-24-8-7-20-15)17-12(2)22-18(25-17)13-3-5-14(19)6-4-13;/h3-6,11,15,20H,7-10H2,1-2H3,(H,21,23);1H. The molecule has 3 rings (SSSR count). The number of rotatable bonds is 5. The number of nitrogens with zero attached hydrogens (tertiary/aromatic N) is 1. The van der Waals surface area contributed by atoms with Gasteiger partial charge >= 0.3 is 0 Å². The van der Waals surface area contributed by atoms with Gasteiger partial charge in [-0.25, -0.2) is 4.98 Å². The summed E-state index contributed by atoms with van der Waals surface area (Å²) in [5.74, 6) is 0.0244. The Kier molecular flexibility index (Phi) is 7.85. The zero-order chi connectivity index (χ0) is 17.8. The first kappa shape index (κ1) is 21.1. The SMILES string of the molecule is Cc1nc(-c2ccc(Cl)cc2)sc1C(C)NC(=O)CC1COCCN1.Cl. The molecule has 0 spiro atoms. The van der Waals surface area contributed by atoms with E-state index in [0.717, 1.165) is 27.7 Å². The first-order chi connectivity index (χ1) is 12.0. The summed E-state index contributed by atoms with van der Waals surface area (Å²) in [4.78, 5) is 18.0. The van der Waals surface area contributed by atoms with Gasteiger partial charge in [0.05, 0.1) is 29.8 Å². The molecule has 1 aromatic heterocycles. The van der Waals surface area contributed by atoms with Gasteiger partial charge in [-0.2, -0.15) is 0 Å². The molecule has 1 aliphatic rings. The summed E-state index contributed by atoms with van der Waals surface area (Å²) < 4.78 is 5.39. The highest BCUT2D eigenvalue weighted by molar-refractivity contribution is 7.15. The van der Waals surface area contributed by atoms with E-state index < -0.39 is 0 Å². The van der Waals surface area contributed by atoms with Crippen molar-refractivity contribution in [2.45, 2.75) is 32.4 Å². The zero-order valence-electron chi connectivity index (χ0n) is 14.8. The number of aromatic nitrogens is 1. The van der Waals surface area contributed by atoms with Crippen LogP contribution in [0.25, 0.3) is 10.6 Å². The Balaban J connectivity index is 0.00000243. The van der Waals surface area contributed by atoms with Crippen LogP contribution in [0.2, 0.25) is 5.02 Å². The summed E-state index contributed by atoms with van der Waals surface area (Å²) in [5.41, 5.74) is 1.98. The van der Waals surface area contributed by atoms with Gasteiger partial charge in [0.2, 0.25) is 5.91 Å². The van der Waals surface area contributed by atoms with Crippen molar-refractivity contribution in [3.8, 4) is 10.6 Å². The summed E-state index contributed by atoms with van der Waals surface area (Å²) in [6, 6.07) is 7.66. The molecule has 0 aliphatic carbocycles. The number of halogens is 2. The third-order valence-corrected chi connectivity index (χ3v) is 5.77. The van der Waals surface area contributed by atoms with Crippen molar-refractivity contribution in [2.75, 3.05) is 19.8 Å². The van der Waals surface area contributed by atoms with Crippen LogP contribution in [0.1, 0.15) is 30.0 Å². The van der Waals surface area contributed by atoms with E-state index in [1.807, 2.05) is 38.1 Å². The third kappa shape index (κ3) is 5.41. The van der Waals surface area contributed by atoms with E-state index in [1.165, 1.54) is 0 Å². The Morgan fingerprint density at radius 3 is 2.85 bits per heavy atom. The van der Waals surface area contributed by atoms with Crippen LogP contribution in [0.3, 0.4) is 0 Å². The molecule has 0 bridgehead atoms. The Morgan fingerprint density at radius 2 is 2.19 bits per heavy atom. The van der Waals surface area contributed by atoms with E-state index in [4.69, 9.17) is 16.3 Å². The quantitative estimate of drug-likeness (QED) is 0.780. The van der Waals surface area contributed by atoms with E-state index >= 15 is 0 Å². The Bertz CT molecular complexity index is 731.